The fraction of sp³-hybridized carbons (Fsp3) is 0.333. The van der Waals surface area contributed by atoms with Crippen LogP contribution in [0.25, 0.3) is 10.9 Å². The summed E-state index contributed by atoms with van der Waals surface area (Å²) in [6, 6.07) is 5.87. The van der Waals surface area contributed by atoms with Crippen LogP contribution in [-0.2, 0) is 27.2 Å². The number of carbonyl (C=O) groups is 2. The molecule has 0 unspecified atom stereocenters. The Bertz CT molecular complexity index is 1130. The Hall–Kier alpha value is -2.85. The third-order valence-corrected chi connectivity index (χ3v) is 6.34. The minimum Gasteiger partial charge on any atom is -0.466 e. The van der Waals surface area contributed by atoms with Gasteiger partial charge in [0.2, 0.25) is 12.7 Å². The Morgan fingerprint density at radius 2 is 2.00 bits per heavy atom. The first-order valence-corrected chi connectivity index (χ1v) is 11.7. The van der Waals surface area contributed by atoms with Crippen molar-refractivity contribution < 1.29 is 23.8 Å². The fourth-order valence-electron chi connectivity index (χ4n) is 3.06. The average Bonchev–Trinajstić information content (AvgIpc) is 3.38. The van der Waals surface area contributed by atoms with Gasteiger partial charge in [-0.05, 0) is 31.0 Å². The molecule has 0 bridgehead atoms. The Morgan fingerprint density at radius 3 is 2.77 bits per heavy atom. The van der Waals surface area contributed by atoms with Gasteiger partial charge in [0.15, 0.2) is 16.6 Å². The number of carbonyl (C=O) groups excluding carboxylic acids is 2. The van der Waals surface area contributed by atoms with E-state index in [2.05, 4.69) is 23.3 Å². The number of amides is 1. The minimum absolute atomic E-state index is 0.0916. The zero-order valence-corrected chi connectivity index (χ0v) is 18.7. The fourth-order valence-corrected chi connectivity index (χ4v) is 4.68. The zero-order chi connectivity index (χ0) is 21.8. The van der Waals surface area contributed by atoms with Gasteiger partial charge >= 0.3 is 5.97 Å². The highest BCUT2D eigenvalue weighted by molar-refractivity contribution is 8.00. The van der Waals surface area contributed by atoms with Crippen molar-refractivity contribution in [1.82, 2.24) is 9.97 Å². The number of esters is 1. The SMILES string of the molecule is CCOC(=O)Cc1csc(NC(=O)CSc2nc3cc4c(cc3cc2CC)OCO4)n1. The van der Waals surface area contributed by atoms with Crippen LogP contribution in [0.5, 0.6) is 11.5 Å². The van der Waals surface area contributed by atoms with Crippen molar-refractivity contribution in [3.05, 3.63) is 34.8 Å². The first-order chi connectivity index (χ1) is 15.1. The summed E-state index contributed by atoms with van der Waals surface area (Å²) in [4.78, 5) is 33.0. The Morgan fingerprint density at radius 1 is 1.19 bits per heavy atom. The molecule has 8 nitrogen and oxygen atoms in total. The van der Waals surface area contributed by atoms with E-state index in [4.69, 9.17) is 19.2 Å². The molecule has 2 aromatic heterocycles. The molecule has 0 saturated heterocycles. The molecular formula is C21H21N3O5S2. The van der Waals surface area contributed by atoms with Gasteiger partial charge in [-0.15, -0.1) is 11.3 Å². The van der Waals surface area contributed by atoms with Gasteiger partial charge in [-0.25, -0.2) is 9.97 Å². The molecule has 0 spiro atoms. The van der Waals surface area contributed by atoms with E-state index in [9.17, 15) is 9.59 Å². The van der Waals surface area contributed by atoms with E-state index in [1.807, 2.05) is 12.1 Å². The maximum Gasteiger partial charge on any atom is 0.311 e. The van der Waals surface area contributed by atoms with Crippen molar-refractivity contribution in [2.75, 3.05) is 24.5 Å². The average molecular weight is 460 g/mol. The van der Waals surface area contributed by atoms with Crippen molar-refractivity contribution in [3.63, 3.8) is 0 Å². The molecule has 10 heteroatoms. The molecule has 1 amide bonds. The quantitative estimate of drug-likeness (QED) is 0.401. The normalized spacial score (nSPS) is 12.2. The van der Waals surface area contributed by atoms with Crippen LogP contribution in [0.4, 0.5) is 5.13 Å². The largest absolute Gasteiger partial charge is 0.466 e. The second-order valence-electron chi connectivity index (χ2n) is 6.67. The number of aryl methyl sites for hydroxylation is 1. The summed E-state index contributed by atoms with van der Waals surface area (Å²) in [5.41, 5.74) is 2.44. The van der Waals surface area contributed by atoms with Crippen LogP contribution in [0.1, 0.15) is 25.1 Å². The van der Waals surface area contributed by atoms with Gasteiger partial charge in [-0.1, -0.05) is 18.7 Å². The van der Waals surface area contributed by atoms with E-state index in [1.54, 1.807) is 12.3 Å². The number of hydrogen-bond acceptors (Lipinski definition) is 9. The number of fused-ring (bicyclic) bond motifs is 2. The van der Waals surface area contributed by atoms with E-state index in [0.29, 0.717) is 23.2 Å². The van der Waals surface area contributed by atoms with Crippen LogP contribution < -0.4 is 14.8 Å². The Kier molecular flexibility index (Phi) is 6.57. The summed E-state index contributed by atoms with van der Waals surface area (Å²) >= 11 is 2.66. The van der Waals surface area contributed by atoms with E-state index in [1.165, 1.54) is 23.1 Å². The molecule has 3 heterocycles. The number of pyridine rings is 1. The van der Waals surface area contributed by atoms with Crippen LogP contribution in [0.2, 0.25) is 0 Å². The molecule has 31 heavy (non-hydrogen) atoms. The first kappa shape index (κ1) is 21.4. The van der Waals surface area contributed by atoms with Crippen molar-refractivity contribution in [2.24, 2.45) is 0 Å². The molecule has 0 saturated carbocycles. The number of nitrogens with zero attached hydrogens (tertiary/aromatic N) is 2. The molecule has 0 atom stereocenters. The summed E-state index contributed by atoms with van der Waals surface area (Å²) in [6.07, 6.45) is 0.888. The number of nitrogens with one attached hydrogen (secondary N) is 1. The van der Waals surface area contributed by atoms with E-state index in [0.717, 1.165) is 33.7 Å². The van der Waals surface area contributed by atoms with Crippen LogP contribution in [0.15, 0.2) is 28.6 Å². The lowest BCUT2D eigenvalue weighted by Crippen LogP contribution is -2.14. The first-order valence-electron chi connectivity index (χ1n) is 9.81. The number of aromatic nitrogens is 2. The second-order valence-corrected chi connectivity index (χ2v) is 8.49. The van der Waals surface area contributed by atoms with Crippen LogP contribution >= 0.6 is 23.1 Å². The number of thiazole rings is 1. The third kappa shape index (κ3) is 5.08. The molecule has 1 aromatic carbocycles. The van der Waals surface area contributed by atoms with Gasteiger partial charge in [-0.3, -0.25) is 9.59 Å². The maximum absolute atomic E-state index is 12.4. The van der Waals surface area contributed by atoms with E-state index < -0.39 is 0 Å². The summed E-state index contributed by atoms with van der Waals surface area (Å²) in [5, 5.41) is 6.77. The van der Waals surface area contributed by atoms with Crippen molar-refractivity contribution >= 4 is 51.0 Å². The molecule has 1 aliphatic rings. The predicted molar refractivity (Wildman–Crippen MR) is 119 cm³/mol. The molecule has 3 aromatic rings. The third-order valence-electron chi connectivity index (χ3n) is 4.50. The number of thioether (sulfide) groups is 1. The maximum atomic E-state index is 12.4. The van der Waals surface area contributed by atoms with E-state index >= 15 is 0 Å². The minimum atomic E-state index is -0.335. The van der Waals surface area contributed by atoms with Gasteiger partial charge in [0.05, 0.1) is 30.0 Å². The number of ether oxygens (including phenoxy) is 3. The number of rotatable bonds is 8. The molecule has 1 N–H and O–H groups in total. The van der Waals surface area contributed by atoms with Crippen molar-refractivity contribution in [3.8, 4) is 11.5 Å². The molecule has 0 fully saturated rings. The van der Waals surface area contributed by atoms with Gasteiger partial charge in [0.1, 0.15) is 5.03 Å². The summed E-state index contributed by atoms with van der Waals surface area (Å²) in [6.45, 7) is 4.36. The van der Waals surface area contributed by atoms with Gasteiger partial charge in [-0.2, -0.15) is 0 Å². The second kappa shape index (κ2) is 9.52. The molecule has 162 valence electrons. The van der Waals surface area contributed by atoms with Crippen LogP contribution in [-0.4, -0.2) is 41.0 Å². The highest BCUT2D eigenvalue weighted by Crippen LogP contribution is 2.37. The lowest BCUT2D eigenvalue weighted by Gasteiger charge is -2.09. The monoisotopic (exact) mass is 459 g/mol. The van der Waals surface area contributed by atoms with Gasteiger partial charge < -0.3 is 19.5 Å². The van der Waals surface area contributed by atoms with Crippen molar-refractivity contribution in [1.29, 1.82) is 0 Å². The molecule has 0 radical (unpaired) electrons. The lowest BCUT2D eigenvalue weighted by molar-refractivity contribution is -0.142. The standard InChI is InChI=1S/C21H21N3O5S2/c1-3-12-5-13-6-16-17(29-11-28-16)8-15(13)23-20(12)30-10-18(25)24-21-22-14(9-31-21)7-19(26)27-4-2/h5-6,8-9H,3-4,7,10-11H2,1-2H3,(H,22,24,25). The summed E-state index contributed by atoms with van der Waals surface area (Å²) < 4.78 is 15.8. The lowest BCUT2D eigenvalue weighted by atomic mass is 10.1. The molecule has 0 aliphatic carbocycles. The highest BCUT2D eigenvalue weighted by Gasteiger charge is 2.17. The smallest absolute Gasteiger partial charge is 0.311 e. The Balaban J connectivity index is 1.40. The van der Waals surface area contributed by atoms with Crippen molar-refractivity contribution in [2.45, 2.75) is 31.7 Å². The van der Waals surface area contributed by atoms with Crippen LogP contribution in [0, 0.1) is 0 Å². The number of anilines is 1. The molecule has 1 aliphatic heterocycles. The van der Waals surface area contributed by atoms with Gasteiger partial charge in [0, 0.05) is 16.8 Å². The van der Waals surface area contributed by atoms with Crippen LogP contribution in [0.3, 0.4) is 0 Å². The zero-order valence-electron chi connectivity index (χ0n) is 17.1. The Labute approximate surface area is 187 Å². The number of benzene rings is 1. The topological polar surface area (TPSA) is 99.6 Å². The molecule has 4 rings (SSSR count). The number of hydrogen-bond donors (Lipinski definition) is 1. The summed E-state index contributed by atoms with van der Waals surface area (Å²) in [7, 11) is 0. The van der Waals surface area contributed by atoms with E-state index in [-0.39, 0.29) is 30.8 Å². The highest BCUT2D eigenvalue weighted by atomic mass is 32.2. The summed E-state index contributed by atoms with van der Waals surface area (Å²) in [5.74, 6) is 1.08. The molecular weight excluding hydrogens is 438 g/mol. The predicted octanol–water partition coefficient (Wildman–Crippen LogP) is 3.82. The van der Waals surface area contributed by atoms with Gasteiger partial charge in [0.25, 0.3) is 0 Å².